The molecule has 32 heavy (non-hydrogen) atoms. The molecule has 0 radical (unpaired) electrons. The van der Waals surface area contributed by atoms with Crippen LogP contribution in [0.25, 0.3) is 16.9 Å². The van der Waals surface area contributed by atoms with Crippen molar-refractivity contribution in [3.05, 3.63) is 63.8 Å². The van der Waals surface area contributed by atoms with Crippen LogP contribution >= 0.6 is 11.6 Å². The van der Waals surface area contributed by atoms with Crippen LogP contribution in [0.5, 0.6) is 0 Å². The first-order valence-electron chi connectivity index (χ1n) is 9.27. The average Bonchev–Trinajstić information content (AvgIpc) is 3.24. The Labute approximate surface area is 184 Å². The minimum absolute atomic E-state index is 0.0205. The lowest BCUT2D eigenvalue weighted by molar-refractivity contribution is -0.137. The highest BCUT2D eigenvalue weighted by molar-refractivity contribution is 6.35. The molecule has 4 rings (SSSR count). The Balaban J connectivity index is 1.89. The summed E-state index contributed by atoms with van der Waals surface area (Å²) in [5.74, 6) is 0.684. The zero-order chi connectivity index (χ0) is 23.2. The van der Waals surface area contributed by atoms with Gasteiger partial charge in [-0.05, 0) is 25.1 Å². The van der Waals surface area contributed by atoms with E-state index in [9.17, 15) is 18.0 Å². The Kier molecular flexibility index (Phi) is 5.33. The molecule has 3 heterocycles. The van der Waals surface area contributed by atoms with E-state index < -0.39 is 23.5 Å². The van der Waals surface area contributed by atoms with E-state index in [0.29, 0.717) is 5.82 Å². The van der Waals surface area contributed by atoms with Crippen LogP contribution in [-0.2, 0) is 13.2 Å². The van der Waals surface area contributed by atoms with Crippen molar-refractivity contribution in [2.24, 2.45) is 7.05 Å². The second-order valence-corrected chi connectivity index (χ2v) is 7.40. The maximum Gasteiger partial charge on any atom is 0.416 e. The molecule has 0 spiro atoms. The Morgan fingerprint density at radius 1 is 1.16 bits per heavy atom. The van der Waals surface area contributed by atoms with Crippen LogP contribution in [0.2, 0.25) is 5.02 Å². The van der Waals surface area contributed by atoms with Gasteiger partial charge in [0.2, 0.25) is 0 Å². The summed E-state index contributed by atoms with van der Waals surface area (Å²) in [6.07, 6.45) is -0.235. The van der Waals surface area contributed by atoms with Crippen LogP contribution in [0, 0.1) is 0 Å². The van der Waals surface area contributed by atoms with E-state index in [1.54, 1.807) is 32.4 Å². The summed E-state index contributed by atoms with van der Waals surface area (Å²) in [4.78, 5) is 30.6. The first-order valence-corrected chi connectivity index (χ1v) is 9.65. The molecule has 1 unspecified atom stereocenters. The van der Waals surface area contributed by atoms with Crippen molar-refractivity contribution < 1.29 is 13.2 Å². The fourth-order valence-electron chi connectivity index (χ4n) is 3.31. The van der Waals surface area contributed by atoms with Gasteiger partial charge in [0.05, 0.1) is 22.1 Å². The predicted molar refractivity (Wildman–Crippen MR) is 111 cm³/mol. The fraction of sp³-hybridized carbons (Fsp3) is 0.263. The molecule has 0 saturated carbocycles. The molecule has 0 N–H and O–H groups in total. The van der Waals surface area contributed by atoms with E-state index in [2.05, 4.69) is 25.0 Å². The topological polar surface area (TPSA) is 94.6 Å². The highest BCUT2D eigenvalue weighted by atomic mass is 35.5. The van der Waals surface area contributed by atoms with E-state index in [4.69, 9.17) is 11.6 Å². The van der Waals surface area contributed by atoms with Gasteiger partial charge in [-0.1, -0.05) is 11.6 Å². The van der Waals surface area contributed by atoms with Crippen molar-refractivity contribution in [2.75, 3.05) is 11.9 Å². The van der Waals surface area contributed by atoms with Crippen molar-refractivity contribution in [1.82, 2.24) is 34.3 Å². The number of halogens is 4. The van der Waals surface area contributed by atoms with Crippen molar-refractivity contribution in [3.63, 3.8) is 0 Å². The molecule has 0 aliphatic heterocycles. The smallest absolute Gasteiger partial charge is 0.349 e. The Hall–Kier alpha value is -3.54. The first kappa shape index (κ1) is 21.7. The fourth-order valence-corrected chi connectivity index (χ4v) is 3.66. The zero-order valence-electron chi connectivity index (χ0n) is 17.0. The van der Waals surface area contributed by atoms with Gasteiger partial charge in [0.15, 0.2) is 5.82 Å². The Morgan fingerprint density at radius 2 is 1.84 bits per heavy atom. The third kappa shape index (κ3) is 3.66. The van der Waals surface area contributed by atoms with E-state index >= 15 is 0 Å². The minimum atomic E-state index is -4.63. The number of benzene rings is 1. The van der Waals surface area contributed by atoms with Crippen LogP contribution in [0.3, 0.4) is 0 Å². The van der Waals surface area contributed by atoms with Crippen LogP contribution in [0.1, 0.15) is 24.4 Å². The molecule has 0 amide bonds. The second-order valence-electron chi connectivity index (χ2n) is 6.99. The molecule has 166 valence electrons. The monoisotopic (exact) mass is 464 g/mol. The van der Waals surface area contributed by atoms with Gasteiger partial charge in [-0.2, -0.15) is 27.9 Å². The number of nitrogens with zero attached hydrogens (tertiary/aromatic N) is 8. The lowest BCUT2D eigenvalue weighted by Gasteiger charge is -2.27. The van der Waals surface area contributed by atoms with Gasteiger partial charge >= 0.3 is 11.9 Å². The van der Waals surface area contributed by atoms with E-state index in [1.807, 2.05) is 0 Å². The van der Waals surface area contributed by atoms with Gasteiger partial charge in [0.1, 0.15) is 12.1 Å². The van der Waals surface area contributed by atoms with Gasteiger partial charge in [0.25, 0.3) is 5.95 Å². The SMILES string of the molecule is CC(c1ncnn1-c1ncccn1)N(C)c1nc(=O)n(C)c2c(Cl)cc(C(F)(F)F)cc12. The molecule has 4 aromatic rings. The number of hydrogen-bond acceptors (Lipinski definition) is 7. The summed E-state index contributed by atoms with van der Waals surface area (Å²) in [6.45, 7) is 1.74. The van der Waals surface area contributed by atoms with Gasteiger partial charge in [-0.3, -0.25) is 4.57 Å². The average molecular weight is 465 g/mol. The number of hydrogen-bond donors (Lipinski definition) is 0. The molecule has 0 fully saturated rings. The molecule has 9 nitrogen and oxygen atoms in total. The zero-order valence-corrected chi connectivity index (χ0v) is 17.8. The van der Waals surface area contributed by atoms with E-state index in [-0.39, 0.29) is 27.7 Å². The van der Waals surface area contributed by atoms with Gasteiger partial charge < -0.3 is 4.90 Å². The van der Waals surface area contributed by atoms with E-state index in [1.165, 1.54) is 23.0 Å². The summed E-state index contributed by atoms with van der Waals surface area (Å²) in [6, 6.07) is 2.79. The number of fused-ring (bicyclic) bond motifs is 1. The number of aromatic nitrogens is 7. The van der Waals surface area contributed by atoms with Gasteiger partial charge in [-0.15, -0.1) is 0 Å². The number of anilines is 1. The third-order valence-corrected chi connectivity index (χ3v) is 5.35. The number of alkyl halides is 3. The highest BCUT2D eigenvalue weighted by Gasteiger charge is 2.33. The normalized spacial score (nSPS) is 12.8. The Bertz CT molecular complexity index is 1350. The summed E-state index contributed by atoms with van der Waals surface area (Å²) in [5, 5.41) is 4.00. The lowest BCUT2D eigenvalue weighted by Crippen LogP contribution is -2.30. The third-order valence-electron chi connectivity index (χ3n) is 5.06. The van der Waals surface area contributed by atoms with Crippen molar-refractivity contribution in [2.45, 2.75) is 19.1 Å². The molecule has 1 aromatic carbocycles. The first-order chi connectivity index (χ1) is 15.1. The molecule has 13 heteroatoms. The van der Waals surface area contributed by atoms with Crippen LogP contribution in [0.4, 0.5) is 19.0 Å². The summed E-state index contributed by atoms with van der Waals surface area (Å²) < 4.78 is 42.8. The van der Waals surface area contributed by atoms with Crippen molar-refractivity contribution in [1.29, 1.82) is 0 Å². The van der Waals surface area contributed by atoms with E-state index in [0.717, 1.165) is 16.7 Å². The van der Waals surface area contributed by atoms with Crippen LogP contribution < -0.4 is 10.6 Å². The molecule has 0 saturated heterocycles. The van der Waals surface area contributed by atoms with Gasteiger partial charge in [-0.25, -0.2) is 19.7 Å². The molecule has 0 bridgehead atoms. The Morgan fingerprint density at radius 3 is 2.50 bits per heavy atom. The standard InChI is InChI=1S/C19H16ClF3N8O/c1-10(15-26-9-27-31(15)17-24-5-4-6-25-17)29(2)16-12-7-11(19(21,22)23)8-13(20)14(12)30(3)18(32)28-16/h4-10H,1-3H3. The van der Waals surface area contributed by atoms with Crippen molar-refractivity contribution >= 4 is 28.3 Å². The molecule has 0 aliphatic carbocycles. The number of rotatable bonds is 4. The van der Waals surface area contributed by atoms with Crippen molar-refractivity contribution in [3.8, 4) is 5.95 Å². The summed E-state index contributed by atoms with van der Waals surface area (Å²) >= 11 is 6.16. The quantitative estimate of drug-likeness (QED) is 0.458. The maximum atomic E-state index is 13.4. The molecule has 0 aliphatic rings. The second kappa shape index (κ2) is 7.86. The predicted octanol–water partition coefficient (Wildman–Crippen LogP) is 3.17. The molecular weight excluding hydrogens is 449 g/mol. The summed E-state index contributed by atoms with van der Waals surface area (Å²) in [5.41, 5.74) is -1.47. The largest absolute Gasteiger partial charge is 0.416 e. The summed E-state index contributed by atoms with van der Waals surface area (Å²) in [7, 11) is 2.98. The minimum Gasteiger partial charge on any atom is -0.349 e. The van der Waals surface area contributed by atoms with Crippen LogP contribution in [-0.4, -0.2) is 41.3 Å². The van der Waals surface area contributed by atoms with Gasteiger partial charge in [0, 0.05) is 31.9 Å². The number of aryl methyl sites for hydroxylation is 1. The van der Waals surface area contributed by atoms with Crippen LogP contribution in [0.15, 0.2) is 41.7 Å². The highest BCUT2D eigenvalue weighted by Crippen LogP contribution is 2.38. The maximum absolute atomic E-state index is 13.4. The molecule has 3 aromatic heterocycles. The molecular formula is C19H16ClF3N8O. The molecule has 1 atom stereocenters. The lowest BCUT2D eigenvalue weighted by atomic mass is 10.1.